The fourth-order valence-electron chi connectivity index (χ4n) is 4.05. The van der Waals surface area contributed by atoms with Crippen molar-refractivity contribution < 1.29 is 24.2 Å². The molecule has 0 radical (unpaired) electrons. The summed E-state index contributed by atoms with van der Waals surface area (Å²) in [6.07, 6.45) is 4.56. The van der Waals surface area contributed by atoms with Crippen molar-refractivity contribution in [3.63, 3.8) is 0 Å². The molecule has 2 aromatic carbocycles. The second kappa shape index (κ2) is 10.0. The number of carbonyl (C=O) groups excluding carboxylic acids is 2. The van der Waals surface area contributed by atoms with Crippen LogP contribution in [-0.4, -0.2) is 33.9 Å². The van der Waals surface area contributed by atoms with E-state index in [4.69, 9.17) is 9.47 Å². The molecular weight excluding hydrogens is 478 g/mol. The lowest BCUT2D eigenvalue weighted by molar-refractivity contribution is -0.132. The number of carbonyl (C=O) groups is 2. The average Bonchev–Trinajstić information content (AvgIpc) is 3.54. The summed E-state index contributed by atoms with van der Waals surface area (Å²) in [5.74, 6) is -0.924. The number of hydrogen-bond acceptors (Lipinski definition) is 8. The zero-order chi connectivity index (χ0) is 25.1. The number of aliphatic hydroxyl groups excluding tert-OH is 1. The summed E-state index contributed by atoms with van der Waals surface area (Å²) >= 11 is 1.22. The van der Waals surface area contributed by atoms with Gasteiger partial charge in [-0.15, -0.1) is 11.3 Å². The number of nitrogens with zero attached hydrogens (tertiary/aromatic N) is 3. The van der Waals surface area contributed by atoms with Crippen LogP contribution in [0.5, 0.6) is 11.5 Å². The Kier molecular flexibility index (Phi) is 6.46. The van der Waals surface area contributed by atoms with Crippen LogP contribution >= 0.6 is 11.3 Å². The summed E-state index contributed by atoms with van der Waals surface area (Å²) in [6.45, 7) is 0.343. The molecule has 1 amide bonds. The van der Waals surface area contributed by atoms with Crippen molar-refractivity contribution >= 4 is 33.9 Å². The number of anilines is 1. The van der Waals surface area contributed by atoms with Crippen molar-refractivity contribution in [1.82, 2.24) is 9.97 Å². The van der Waals surface area contributed by atoms with Crippen LogP contribution in [0.2, 0.25) is 0 Å². The quantitative estimate of drug-likeness (QED) is 0.222. The van der Waals surface area contributed by atoms with Crippen molar-refractivity contribution in [1.29, 1.82) is 0 Å². The summed E-state index contributed by atoms with van der Waals surface area (Å²) in [4.78, 5) is 35.8. The first-order chi connectivity index (χ1) is 17.6. The van der Waals surface area contributed by atoms with Crippen LogP contribution < -0.4 is 14.4 Å². The van der Waals surface area contributed by atoms with E-state index in [0.29, 0.717) is 34.4 Å². The molecule has 0 bridgehead atoms. The van der Waals surface area contributed by atoms with E-state index in [9.17, 15) is 14.7 Å². The number of Topliss-reactive ketones (excluding diaryl/α,β-unsaturated/α-hetero) is 1. The fraction of sp³-hybridized carbons (Fsp3) is 0.111. The smallest absolute Gasteiger partial charge is 0.301 e. The van der Waals surface area contributed by atoms with Crippen LogP contribution in [-0.2, 0) is 16.2 Å². The predicted molar refractivity (Wildman–Crippen MR) is 135 cm³/mol. The van der Waals surface area contributed by atoms with Crippen molar-refractivity contribution in [2.24, 2.45) is 0 Å². The minimum Gasteiger partial charge on any atom is -0.507 e. The monoisotopic (exact) mass is 499 g/mol. The molecule has 36 heavy (non-hydrogen) atoms. The minimum absolute atomic E-state index is 0.0404. The van der Waals surface area contributed by atoms with Crippen LogP contribution in [0.4, 0.5) is 5.13 Å². The van der Waals surface area contributed by atoms with E-state index in [1.165, 1.54) is 35.7 Å². The number of rotatable bonds is 7. The zero-order valence-electron chi connectivity index (χ0n) is 19.2. The lowest BCUT2D eigenvalue weighted by Crippen LogP contribution is -2.29. The highest BCUT2D eigenvalue weighted by Gasteiger charge is 2.48. The molecule has 1 fully saturated rings. The normalized spacial score (nSPS) is 16.8. The van der Waals surface area contributed by atoms with Gasteiger partial charge in [0.15, 0.2) is 16.6 Å². The van der Waals surface area contributed by atoms with Gasteiger partial charge in [0.25, 0.3) is 5.78 Å². The van der Waals surface area contributed by atoms with Crippen LogP contribution in [0.15, 0.2) is 90.2 Å². The number of ether oxygens (including phenoxy) is 2. The van der Waals surface area contributed by atoms with Gasteiger partial charge in [-0.3, -0.25) is 19.5 Å². The van der Waals surface area contributed by atoms with Crippen LogP contribution in [0.25, 0.3) is 5.76 Å². The fourth-order valence-corrected chi connectivity index (χ4v) is 4.72. The Labute approximate surface area is 211 Å². The molecule has 180 valence electrons. The number of ketones is 1. The van der Waals surface area contributed by atoms with Gasteiger partial charge in [0, 0.05) is 29.5 Å². The molecule has 1 atom stereocenters. The van der Waals surface area contributed by atoms with Crippen molar-refractivity contribution in [2.75, 3.05) is 12.0 Å². The molecule has 9 heteroatoms. The lowest BCUT2D eigenvalue weighted by atomic mass is 9.95. The van der Waals surface area contributed by atoms with E-state index >= 15 is 0 Å². The Balaban J connectivity index is 1.59. The number of methoxy groups -OCH3 is 1. The number of thiazole rings is 1. The third kappa shape index (κ3) is 4.32. The first kappa shape index (κ1) is 23.3. The van der Waals surface area contributed by atoms with Gasteiger partial charge in [-0.05, 0) is 35.4 Å². The molecule has 1 N–H and O–H groups in total. The van der Waals surface area contributed by atoms with Crippen LogP contribution in [0.3, 0.4) is 0 Å². The Hall–Kier alpha value is -4.50. The van der Waals surface area contributed by atoms with E-state index < -0.39 is 17.7 Å². The van der Waals surface area contributed by atoms with E-state index in [2.05, 4.69) is 9.97 Å². The molecule has 5 rings (SSSR count). The highest BCUT2D eigenvalue weighted by atomic mass is 32.1. The SMILES string of the molecule is COc1cc(C2/C(=C(\O)c3ccncc3)C(=O)C(=O)N2c2nccs2)ccc1OCc1ccccc1. The highest BCUT2D eigenvalue weighted by molar-refractivity contribution is 7.14. The van der Waals surface area contributed by atoms with Gasteiger partial charge >= 0.3 is 5.91 Å². The largest absolute Gasteiger partial charge is 0.507 e. The summed E-state index contributed by atoms with van der Waals surface area (Å²) in [7, 11) is 1.52. The molecule has 4 aromatic rings. The zero-order valence-corrected chi connectivity index (χ0v) is 20.0. The van der Waals surface area contributed by atoms with Gasteiger partial charge < -0.3 is 14.6 Å². The van der Waals surface area contributed by atoms with Gasteiger partial charge in [0.05, 0.1) is 18.7 Å². The van der Waals surface area contributed by atoms with Gasteiger partial charge in [-0.2, -0.15) is 0 Å². The first-order valence-corrected chi connectivity index (χ1v) is 11.9. The third-order valence-electron chi connectivity index (χ3n) is 5.76. The number of hydrogen-bond donors (Lipinski definition) is 1. The molecule has 1 saturated heterocycles. The lowest BCUT2D eigenvalue weighted by Gasteiger charge is -2.24. The molecule has 0 spiro atoms. The van der Waals surface area contributed by atoms with Gasteiger partial charge in [0.1, 0.15) is 12.4 Å². The molecule has 2 aromatic heterocycles. The summed E-state index contributed by atoms with van der Waals surface area (Å²) in [5, 5.41) is 13.2. The highest BCUT2D eigenvalue weighted by Crippen LogP contribution is 2.44. The van der Waals surface area contributed by atoms with Gasteiger partial charge in [0.2, 0.25) is 0 Å². The predicted octanol–water partition coefficient (Wildman–Crippen LogP) is 4.75. The number of aromatic nitrogens is 2. The standard InChI is InChI=1S/C27H21N3O5S/c1-34-21-15-19(7-8-20(21)35-16-17-5-3-2-4-6-17)23-22(24(31)18-9-11-28-12-10-18)25(32)26(33)30(23)27-29-13-14-36-27/h2-15,23,31H,16H2,1H3/b24-22+. The summed E-state index contributed by atoms with van der Waals surface area (Å²) < 4.78 is 11.5. The number of amides is 1. The van der Waals surface area contributed by atoms with Crippen molar-refractivity contribution in [2.45, 2.75) is 12.6 Å². The Morgan fingerprint density at radius 3 is 2.50 bits per heavy atom. The molecule has 8 nitrogen and oxygen atoms in total. The number of aliphatic hydroxyl groups is 1. The molecule has 0 saturated carbocycles. The Morgan fingerprint density at radius 2 is 1.81 bits per heavy atom. The third-order valence-corrected chi connectivity index (χ3v) is 6.53. The minimum atomic E-state index is -0.915. The molecule has 3 heterocycles. The Bertz CT molecular complexity index is 1420. The molecule has 1 unspecified atom stereocenters. The summed E-state index contributed by atoms with van der Waals surface area (Å²) in [6, 6.07) is 17.1. The Morgan fingerprint density at radius 1 is 1.03 bits per heavy atom. The van der Waals surface area contributed by atoms with Gasteiger partial charge in [-0.1, -0.05) is 36.4 Å². The maximum Gasteiger partial charge on any atom is 0.301 e. The van der Waals surface area contributed by atoms with Crippen LogP contribution in [0, 0.1) is 0 Å². The van der Waals surface area contributed by atoms with E-state index in [1.807, 2.05) is 30.3 Å². The second-order valence-electron chi connectivity index (χ2n) is 7.90. The summed E-state index contributed by atoms with van der Waals surface area (Å²) in [5.41, 5.74) is 1.89. The van der Waals surface area contributed by atoms with Crippen molar-refractivity contribution in [3.8, 4) is 11.5 Å². The first-order valence-electron chi connectivity index (χ1n) is 11.0. The molecule has 0 aliphatic carbocycles. The molecular formula is C27H21N3O5S. The molecule has 1 aliphatic rings. The van der Waals surface area contributed by atoms with Crippen LogP contribution in [0.1, 0.15) is 22.7 Å². The molecule has 1 aliphatic heterocycles. The number of pyridine rings is 1. The number of benzene rings is 2. The van der Waals surface area contributed by atoms with E-state index in [-0.39, 0.29) is 11.3 Å². The maximum atomic E-state index is 13.2. The average molecular weight is 500 g/mol. The topological polar surface area (TPSA) is 102 Å². The maximum absolute atomic E-state index is 13.2. The second-order valence-corrected chi connectivity index (χ2v) is 8.78. The van der Waals surface area contributed by atoms with Gasteiger partial charge in [-0.25, -0.2) is 4.98 Å². The van der Waals surface area contributed by atoms with E-state index in [1.54, 1.807) is 41.9 Å². The van der Waals surface area contributed by atoms with E-state index in [0.717, 1.165) is 5.56 Å². The van der Waals surface area contributed by atoms with Crippen molar-refractivity contribution in [3.05, 3.63) is 107 Å².